The summed E-state index contributed by atoms with van der Waals surface area (Å²) in [5.41, 5.74) is 1.17. The van der Waals surface area contributed by atoms with Gasteiger partial charge in [-0.25, -0.2) is 4.79 Å². The van der Waals surface area contributed by atoms with Crippen LogP contribution in [0.2, 0.25) is 10.0 Å². The van der Waals surface area contributed by atoms with Crippen molar-refractivity contribution < 1.29 is 14.3 Å². The molecule has 140 valence electrons. The van der Waals surface area contributed by atoms with Crippen molar-refractivity contribution in [2.45, 2.75) is 6.92 Å². The Hall–Kier alpha value is -2.88. The van der Waals surface area contributed by atoms with Gasteiger partial charge in [-0.2, -0.15) is 0 Å². The molecule has 0 saturated heterocycles. The number of halogens is 2. The van der Waals surface area contributed by atoms with Crippen LogP contribution < -0.4 is 20.7 Å². The maximum absolute atomic E-state index is 11.8. The molecule has 3 amide bonds. The van der Waals surface area contributed by atoms with Gasteiger partial charge in [-0.1, -0.05) is 41.1 Å². The van der Waals surface area contributed by atoms with Crippen LogP contribution in [-0.2, 0) is 4.79 Å². The van der Waals surface area contributed by atoms with E-state index in [2.05, 4.69) is 27.8 Å². The van der Waals surface area contributed by atoms with E-state index in [4.69, 9.17) is 27.9 Å². The zero-order valence-electron chi connectivity index (χ0n) is 14.4. The Balaban J connectivity index is 1.72. The number of hydrogen-bond acceptors (Lipinski definition) is 3. The van der Waals surface area contributed by atoms with Gasteiger partial charge in [-0.3, -0.25) is 4.79 Å². The summed E-state index contributed by atoms with van der Waals surface area (Å²) in [6.45, 7) is 1.74. The zero-order chi connectivity index (χ0) is 19.6. The fraction of sp³-hybridized carbons (Fsp3) is 0.158. The standard InChI is InChI=1S/C19H17Cl2N3O3/c1-13(25)23-14-5-4-6-16(11-14)27-10-3-2-9-22-19(26)24-15-7-8-17(20)18(21)12-15/h4-8,11-12H,9-10H2,1H3,(H,23,25)(H2,22,24,26). The van der Waals surface area contributed by atoms with E-state index in [-0.39, 0.29) is 19.1 Å². The van der Waals surface area contributed by atoms with Crippen LogP contribution in [0.15, 0.2) is 42.5 Å². The third-order valence-corrected chi connectivity index (χ3v) is 3.84. The summed E-state index contributed by atoms with van der Waals surface area (Å²) in [7, 11) is 0. The van der Waals surface area contributed by atoms with Crippen molar-refractivity contribution in [2.75, 3.05) is 23.8 Å². The minimum atomic E-state index is -0.411. The molecule has 0 saturated carbocycles. The van der Waals surface area contributed by atoms with Crippen molar-refractivity contribution in [1.29, 1.82) is 0 Å². The first-order valence-electron chi connectivity index (χ1n) is 7.90. The molecule has 27 heavy (non-hydrogen) atoms. The Labute approximate surface area is 167 Å². The molecular weight excluding hydrogens is 389 g/mol. The topological polar surface area (TPSA) is 79.5 Å². The van der Waals surface area contributed by atoms with Crippen molar-refractivity contribution in [1.82, 2.24) is 5.32 Å². The second-order valence-corrected chi connectivity index (χ2v) is 6.10. The predicted molar refractivity (Wildman–Crippen MR) is 108 cm³/mol. The van der Waals surface area contributed by atoms with E-state index in [0.29, 0.717) is 27.2 Å². The van der Waals surface area contributed by atoms with E-state index < -0.39 is 6.03 Å². The predicted octanol–water partition coefficient (Wildman–Crippen LogP) is 4.16. The van der Waals surface area contributed by atoms with Crippen LogP contribution >= 0.6 is 23.2 Å². The number of carbonyl (C=O) groups excluding carboxylic acids is 2. The molecule has 8 heteroatoms. The molecule has 0 atom stereocenters. The summed E-state index contributed by atoms with van der Waals surface area (Å²) in [5, 5.41) is 8.65. The van der Waals surface area contributed by atoms with Gasteiger partial charge in [-0.05, 0) is 30.3 Å². The summed E-state index contributed by atoms with van der Waals surface area (Å²) >= 11 is 11.7. The third kappa shape index (κ3) is 7.48. The van der Waals surface area contributed by atoms with Gasteiger partial charge in [0, 0.05) is 24.4 Å². The highest BCUT2D eigenvalue weighted by Crippen LogP contribution is 2.24. The minimum Gasteiger partial charge on any atom is -0.481 e. The summed E-state index contributed by atoms with van der Waals surface area (Å²) < 4.78 is 5.47. The van der Waals surface area contributed by atoms with Gasteiger partial charge in [0.15, 0.2) is 0 Å². The number of rotatable bonds is 5. The second kappa shape index (κ2) is 10.3. The van der Waals surface area contributed by atoms with Crippen molar-refractivity contribution in [3.63, 3.8) is 0 Å². The Kier molecular flexibility index (Phi) is 7.80. The highest BCUT2D eigenvalue weighted by molar-refractivity contribution is 6.42. The molecule has 0 radical (unpaired) electrons. The van der Waals surface area contributed by atoms with Gasteiger partial charge in [0.05, 0.1) is 16.6 Å². The Morgan fingerprint density at radius 1 is 1.00 bits per heavy atom. The van der Waals surface area contributed by atoms with Gasteiger partial charge >= 0.3 is 6.03 Å². The van der Waals surface area contributed by atoms with Gasteiger partial charge in [0.1, 0.15) is 12.4 Å². The normalized spacial score (nSPS) is 9.59. The number of carbonyl (C=O) groups is 2. The summed E-state index contributed by atoms with van der Waals surface area (Å²) in [4.78, 5) is 22.8. The minimum absolute atomic E-state index is 0.152. The molecule has 0 bridgehead atoms. The average Bonchev–Trinajstić information content (AvgIpc) is 2.61. The fourth-order valence-corrected chi connectivity index (χ4v) is 2.27. The molecule has 0 unspecified atom stereocenters. The first-order valence-corrected chi connectivity index (χ1v) is 8.66. The van der Waals surface area contributed by atoms with E-state index in [0.717, 1.165) is 0 Å². The SMILES string of the molecule is CC(=O)Nc1cccc(OCC#CCNC(=O)Nc2ccc(Cl)c(Cl)c2)c1. The molecule has 0 fully saturated rings. The largest absolute Gasteiger partial charge is 0.481 e. The molecule has 3 N–H and O–H groups in total. The number of ether oxygens (including phenoxy) is 1. The molecule has 0 aliphatic rings. The maximum atomic E-state index is 11.8. The third-order valence-electron chi connectivity index (χ3n) is 3.11. The molecule has 2 rings (SSSR count). The van der Waals surface area contributed by atoms with E-state index in [1.807, 2.05) is 0 Å². The highest BCUT2D eigenvalue weighted by Gasteiger charge is 2.03. The van der Waals surface area contributed by atoms with Crippen LogP contribution in [0.4, 0.5) is 16.2 Å². The summed E-state index contributed by atoms with van der Waals surface area (Å²) in [6.07, 6.45) is 0. The first kappa shape index (κ1) is 20.4. The van der Waals surface area contributed by atoms with Gasteiger partial charge in [0.25, 0.3) is 0 Å². The van der Waals surface area contributed by atoms with Crippen LogP contribution in [0.25, 0.3) is 0 Å². The fourth-order valence-electron chi connectivity index (χ4n) is 1.97. The molecule has 2 aromatic carbocycles. The second-order valence-electron chi connectivity index (χ2n) is 5.29. The molecule has 6 nitrogen and oxygen atoms in total. The van der Waals surface area contributed by atoms with E-state index in [1.165, 1.54) is 6.92 Å². The number of anilines is 2. The zero-order valence-corrected chi connectivity index (χ0v) is 15.9. The Bertz CT molecular complexity index is 891. The number of benzene rings is 2. The quantitative estimate of drug-likeness (QED) is 0.653. The van der Waals surface area contributed by atoms with Crippen LogP contribution in [-0.4, -0.2) is 25.1 Å². The van der Waals surface area contributed by atoms with Crippen molar-refractivity contribution >= 4 is 46.5 Å². The Morgan fingerprint density at radius 3 is 2.52 bits per heavy atom. The molecule has 0 spiro atoms. The van der Waals surface area contributed by atoms with Crippen LogP contribution in [0.5, 0.6) is 5.75 Å². The highest BCUT2D eigenvalue weighted by atomic mass is 35.5. The molecular formula is C19H17Cl2N3O3. The number of nitrogens with one attached hydrogen (secondary N) is 3. The average molecular weight is 406 g/mol. The smallest absolute Gasteiger partial charge is 0.319 e. The van der Waals surface area contributed by atoms with Crippen molar-refractivity contribution in [3.05, 3.63) is 52.5 Å². The lowest BCUT2D eigenvalue weighted by Crippen LogP contribution is -2.28. The number of urea groups is 1. The van der Waals surface area contributed by atoms with Crippen molar-refractivity contribution in [2.24, 2.45) is 0 Å². The maximum Gasteiger partial charge on any atom is 0.319 e. The molecule has 0 aromatic heterocycles. The van der Waals surface area contributed by atoms with Crippen LogP contribution in [0.1, 0.15) is 6.92 Å². The van der Waals surface area contributed by atoms with Crippen LogP contribution in [0.3, 0.4) is 0 Å². The number of hydrogen-bond donors (Lipinski definition) is 3. The summed E-state index contributed by atoms with van der Waals surface area (Å²) in [5.74, 6) is 5.99. The van der Waals surface area contributed by atoms with Crippen LogP contribution in [0, 0.1) is 11.8 Å². The lowest BCUT2D eigenvalue weighted by Gasteiger charge is -2.06. The summed E-state index contributed by atoms with van der Waals surface area (Å²) in [6, 6.07) is 11.4. The van der Waals surface area contributed by atoms with Crippen molar-refractivity contribution in [3.8, 4) is 17.6 Å². The first-order chi connectivity index (χ1) is 12.9. The van der Waals surface area contributed by atoms with Gasteiger partial charge in [-0.15, -0.1) is 0 Å². The molecule has 0 aliphatic carbocycles. The lowest BCUT2D eigenvalue weighted by molar-refractivity contribution is -0.114. The van der Waals surface area contributed by atoms with E-state index in [9.17, 15) is 9.59 Å². The molecule has 2 aromatic rings. The molecule has 0 heterocycles. The lowest BCUT2D eigenvalue weighted by atomic mass is 10.3. The Morgan fingerprint density at radius 2 is 1.78 bits per heavy atom. The van der Waals surface area contributed by atoms with E-state index >= 15 is 0 Å². The number of amides is 3. The van der Waals surface area contributed by atoms with Gasteiger partial charge < -0.3 is 20.7 Å². The molecule has 0 aliphatic heterocycles. The van der Waals surface area contributed by atoms with Gasteiger partial charge in [0.2, 0.25) is 5.91 Å². The monoisotopic (exact) mass is 405 g/mol. The van der Waals surface area contributed by atoms with E-state index in [1.54, 1.807) is 42.5 Å².